The van der Waals surface area contributed by atoms with Gasteiger partial charge in [0.15, 0.2) is 0 Å². The van der Waals surface area contributed by atoms with Gasteiger partial charge in [-0.2, -0.15) is 0 Å². The Morgan fingerprint density at radius 3 is 0.740 bits per heavy atom. The van der Waals surface area contributed by atoms with Gasteiger partial charge >= 0.3 is 28.3 Å². The zero-order valence-corrected chi connectivity index (χ0v) is 31.7. The van der Waals surface area contributed by atoms with Crippen LogP contribution in [0.5, 0.6) is 0 Å². The van der Waals surface area contributed by atoms with Crippen LogP contribution in [0.15, 0.2) is 194 Å². The van der Waals surface area contributed by atoms with Crippen molar-refractivity contribution >= 4 is 54.9 Å². The van der Waals surface area contributed by atoms with E-state index in [1.807, 2.05) is 6.92 Å². The van der Waals surface area contributed by atoms with Crippen LogP contribution in [0, 0.1) is 6.92 Å². The second kappa shape index (κ2) is 23.5. The van der Waals surface area contributed by atoms with Gasteiger partial charge < -0.3 is 22.0 Å². The summed E-state index contributed by atoms with van der Waals surface area (Å²) >= 11 is 0. The molecule has 0 aromatic heterocycles. The molecule has 0 bridgehead atoms. The molecule has 6 aromatic rings. The normalized spacial score (nSPS) is 10.1. The van der Waals surface area contributed by atoms with E-state index in [1.165, 1.54) is 31.8 Å². The van der Waals surface area contributed by atoms with Gasteiger partial charge in [-0.1, -0.05) is 188 Å². The minimum Gasteiger partial charge on any atom is -0.532 e. The topological polar surface area (TPSA) is 9.23 Å². The van der Waals surface area contributed by atoms with Crippen molar-refractivity contribution in [2.75, 3.05) is 6.61 Å². The summed E-state index contributed by atoms with van der Waals surface area (Å²) in [4.78, 5) is 0. The first-order chi connectivity index (χ1) is 23.7. The molecular weight excluding hydrogens is 852 g/mol. The number of benzene rings is 6. The van der Waals surface area contributed by atoms with Gasteiger partial charge in [0, 0.05) is 0 Å². The Labute approximate surface area is 311 Å². The van der Waals surface area contributed by atoms with Gasteiger partial charge in [0.2, 0.25) is 0 Å². The molecule has 0 aliphatic carbocycles. The third-order valence-electron chi connectivity index (χ3n) is 6.43. The van der Waals surface area contributed by atoms with E-state index in [1.54, 1.807) is 0 Å². The molecule has 260 valence electrons. The third kappa shape index (κ3) is 16.2. The average molecular weight is 892 g/mol. The molecule has 0 N–H and O–H groups in total. The summed E-state index contributed by atoms with van der Waals surface area (Å²) in [5.41, 5.74) is 0. The molecule has 6 aromatic carbocycles. The van der Waals surface area contributed by atoms with Crippen LogP contribution >= 0.6 is 15.8 Å². The van der Waals surface area contributed by atoms with Crippen LogP contribution in [0.3, 0.4) is 0 Å². The fourth-order valence-corrected chi connectivity index (χ4v) is 9.17. The van der Waals surface area contributed by atoms with E-state index in [0.29, 0.717) is 12.4 Å². The Balaban J connectivity index is 0.000000265. The van der Waals surface area contributed by atoms with E-state index < -0.39 is 23.1 Å². The largest absolute Gasteiger partial charge is 2.00 e. The standard InChI is InChI=1S/2C18H15P.C5H9O.BF4.Pt/c2*1-4-10-16(11-5-1)19(17-12-6-2-7-13-17)18-14-8-3-9-15-18;1-4-6-5(2)3;2-1(3,4)5;/h2*1-15H;2-4H2,1H3;;/q;;2*-1;+2. The van der Waals surface area contributed by atoms with Crippen molar-refractivity contribution in [3.8, 4) is 0 Å². The molecule has 50 heavy (non-hydrogen) atoms. The molecule has 0 heterocycles. The van der Waals surface area contributed by atoms with Gasteiger partial charge in [0.25, 0.3) is 0 Å². The van der Waals surface area contributed by atoms with Crippen LogP contribution in [0.2, 0.25) is 0 Å². The number of allylic oxidation sites excluding steroid dienone is 1. The van der Waals surface area contributed by atoms with Crippen LogP contribution < -0.4 is 31.8 Å². The Hall–Kier alpha value is -3.94. The number of ether oxygens (including phenoxy) is 1. The SMILES string of the molecule is C=C([CH2-])OCC.F[B-](F)(F)F.[Pt+2].c1ccc(P(c2ccccc2)c2ccccc2)cc1.c1ccc(P(c2ccccc2)c2ccccc2)cc1. The zero-order valence-electron chi connectivity index (χ0n) is 27.6. The quantitative estimate of drug-likeness (QED) is 0.0487. The maximum atomic E-state index is 9.75. The fourth-order valence-electron chi connectivity index (χ4n) is 4.56. The van der Waals surface area contributed by atoms with Crippen LogP contribution in [-0.4, -0.2) is 13.9 Å². The summed E-state index contributed by atoms with van der Waals surface area (Å²) in [6.07, 6.45) is 0. The summed E-state index contributed by atoms with van der Waals surface area (Å²) in [5.74, 6) is 0.539. The van der Waals surface area contributed by atoms with Crippen LogP contribution in [0.4, 0.5) is 17.3 Å². The van der Waals surface area contributed by atoms with Crippen molar-refractivity contribution in [3.63, 3.8) is 0 Å². The fraction of sp³-hybridized carbons (Fsp3) is 0.0488. The van der Waals surface area contributed by atoms with Crippen molar-refractivity contribution in [1.29, 1.82) is 0 Å². The van der Waals surface area contributed by atoms with E-state index >= 15 is 0 Å². The van der Waals surface area contributed by atoms with Gasteiger partial charge in [-0.25, -0.2) is 13.5 Å². The van der Waals surface area contributed by atoms with Gasteiger partial charge in [0.05, 0.1) is 6.61 Å². The van der Waals surface area contributed by atoms with Gasteiger partial charge in [-0.15, -0.1) is 0 Å². The number of rotatable bonds is 8. The number of halogens is 4. The average Bonchev–Trinajstić information content (AvgIpc) is 3.11. The first-order valence-corrected chi connectivity index (χ1v) is 18.3. The summed E-state index contributed by atoms with van der Waals surface area (Å²) in [7, 11) is -6.89. The first kappa shape index (κ1) is 42.2. The van der Waals surface area contributed by atoms with Crippen LogP contribution in [0.1, 0.15) is 6.92 Å². The molecule has 0 atom stereocenters. The van der Waals surface area contributed by atoms with Crippen molar-refractivity contribution in [3.05, 3.63) is 201 Å². The Morgan fingerprint density at radius 1 is 0.480 bits per heavy atom. The molecular formula is C41H39BF4OP2Pt. The minimum absolute atomic E-state index is 0. The molecule has 9 heteroatoms. The second-order valence-corrected chi connectivity index (χ2v) is 14.6. The van der Waals surface area contributed by atoms with E-state index in [9.17, 15) is 17.3 Å². The van der Waals surface area contributed by atoms with Crippen molar-refractivity contribution in [1.82, 2.24) is 0 Å². The van der Waals surface area contributed by atoms with Gasteiger partial charge in [-0.05, 0) is 54.6 Å². The summed E-state index contributed by atoms with van der Waals surface area (Å²) in [6.45, 7) is 9.39. The smallest absolute Gasteiger partial charge is 0.532 e. The van der Waals surface area contributed by atoms with Gasteiger partial charge in [0.1, 0.15) is 0 Å². The maximum Gasteiger partial charge on any atom is 2.00 e. The van der Waals surface area contributed by atoms with Crippen LogP contribution in [-0.2, 0) is 25.8 Å². The Kier molecular flexibility index (Phi) is 19.8. The van der Waals surface area contributed by atoms with Gasteiger partial charge in [-0.3, -0.25) is 0 Å². The molecule has 0 fully saturated rings. The minimum atomic E-state index is -6.00. The first-order valence-electron chi connectivity index (χ1n) is 15.6. The zero-order chi connectivity index (χ0) is 35.3. The molecule has 0 unspecified atom stereocenters. The predicted molar refractivity (Wildman–Crippen MR) is 207 cm³/mol. The second-order valence-electron chi connectivity index (χ2n) is 10.2. The maximum absolute atomic E-state index is 9.75. The summed E-state index contributed by atoms with van der Waals surface area (Å²) < 4.78 is 43.7. The molecule has 0 saturated heterocycles. The number of hydrogen-bond donors (Lipinski definition) is 0. The monoisotopic (exact) mass is 891 g/mol. The van der Waals surface area contributed by atoms with Crippen LogP contribution in [0.25, 0.3) is 0 Å². The Morgan fingerprint density at radius 2 is 0.640 bits per heavy atom. The summed E-state index contributed by atoms with van der Waals surface area (Å²) in [6, 6.07) is 64.7. The molecule has 0 aliphatic heterocycles. The van der Waals surface area contributed by atoms with E-state index in [-0.39, 0.29) is 21.1 Å². The van der Waals surface area contributed by atoms with E-state index in [2.05, 4.69) is 195 Å². The molecule has 6 rings (SSSR count). The molecule has 1 nitrogen and oxygen atoms in total. The number of hydrogen-bond acceptors (Lipinski definition) is 1. The van der Waals surface area contributed by atoms with Crippen molar-refractivity contribution in [2.45, 2.75) is 6.92 Å². The third-order valence-corrected chi connectivity index (χ3v) is 11.3. The van der Waals surface area contributed by atoms with Crippen molar-refractivity contribution in [2.24, 2.45) is 0 Å². The molecule has 0 radical (unpaired) electrons. The predicted octanol–water partition coefficient (Wildman–Crippen LogP) is 9.56. The molecule has 0 saturated carbocycles. The van der Waals surface area contributed by atoms with E-state index in [0.717, 1.165) is 0 Å². The Bertz CT molecular complexity index is 1420. The molecule has 0 amide bonds. The summed E-state index contributed by atoms with van der Waals surface area (Å²) in [5, 5.41) is 8.39. The van der Waals surface area contributed by atoms with Crippen molar-refractivity contribution < 1.29 is 43.1 Å². The molecule has 0 aliphatic rings. The van der Waals surface area contributed by atoms with E-state index in [4.69, 9.17) is 4.74 Å². The molecule has 0 spiro atoms.